The third-order valence-corrected chi connectivity index (χ3v) is 6.99. The largest absolute Gasteiger partial charge is 0.458 e. The van der Waals surface area contributed by atoms with Crippen LogP contribution in [0.5, 0.6) is 0 Å². The standard InChI is InChI=1S/C27H37N5O5/c1-26(2,3)37-24(35)21(10-9-20(33)18-29-28)30-23(34)22(17-19-7-5-4-6-8-19)31-25(36)27-11-14-32(15-12-27)16-13-27/h4-8,18,21-22H,9-17H2,1-3H3,(H,30,34)(H,31,36)/t21-,22-/m0/s1. The molecule has 2 amide bonds. The lowest BCUT2D eigenvalue weighted by Crippen LogP contribution is -2.59. The van der Waals surface area contributed by atoms with Gasteiger partial charge in [0.25, 0.3) is 0 Å². The van der Waals surface area contributed by atoms with E-state index in [2.05, 4.69) is 20.3 Å². The van der Waals surface area contributed by atoms with E-state index in [1.165, 1.54) is 0 Å². The van der Waals surface area contributed by atoms with Crippen LogP contribution in [-0.4, -0.2) is 76.8 Å². The van der Waals surface area contributed by atoms with E-state index in [-0.39, 0.29) is 25.2 Å². The first kappa shape index (κ1) is 28.2. The smallest absolute Gasteiger partial charge is 0.329 e. The van der Waals surface area contributed by atoms with Crippen LogP contribution in [0.4, 0.5) is 0 Å². The Morgan fingerprint density at radius 1 is 1.05 bits per heavy atom. The van der Waals surface area contributed by atoms with Gasteiger partial charge >= 0.3 is 12.2 Å². The summed E-state index contributed by atoms with van der Waals surface area (Å²) in [5, 5.41) is 5.70. The molecule has 2 bridgehead atoms. The Labute approximate surface area is 217 Å². The van der Waals surface area contributed by atoms with Crippen molar-refractivity contribution in [3.8, 4) is 0 Å². The molecule has 0 unspecified atom stereocenters. The topological polar surface area (TPSA) is 141 Å². The number of Topliss-reactive ketones (excluding diaryl/α,β-unsaturated/α-hetero) is 1. The number of ether oxygens (including phenoxy) is 1. The Morgan fingerprint density at radius 2 is 1.68 bits per heavy atom. The molecule has 0 spiro atoms. The highest BCUT2D eigenvalue weighted by molar-refractivity contribution is 6.25. The summed E-state index contributed by atoms with van der Waals surface area (Å²) in [5.74, 6) is -1.84. The third-order valence-electron chi connectivity index (χ3n) is 6.99. The zero-order valence-electron chi connectivity index (χ0n) is 21.9. The summed E-state index contributed by atoms with van der Waals surface area (Å²) in [6.45, 7) is 7.74. The Bertz CT molecular complexity index is 1020. The van der Waals surface area contributed by atoms with Gasteiger partial charge in [-0.05, 0) is 71.7 Å². The molecule has 3 aliphatic heterocycles. The highest BCUT2D eigenvalue weighted by Crippen LogP contribution is 2.40. The molecule has 0 saturated carbocycles. The Hall–Kier alpha value is -3.36. The van der Waals surface area contributed by atoms with Crippen LogP contribution in [0.3, 0.4) is 0 Å². The minimum Gasteiger partial charge on any atom is -0.458 e. The molecule has 3 fully saturated rings. The van der Waals surface area contributed by atoms with Crippen LogP contribution in [0.1, 0.15) is 58.4 Å². The van der Waals surface area contributed by atoms with Crippen LogP contribution in [0.25, 0.3) is 5.53 Å². The average Bonchev–Trinajstić information content (AvgIpc) is 2.86. The molecule has 3 heterocycles. The second-order valence-corrected chi connectivity index (χ2v) is 10.9. The van der Waals surface area contributed by atoms with Crippen LogP contribution < -0.4 is 10.6 Å². The van der Waals surface area contributed by atoms with Gasteiger partial charge < -0.3 is 25.8 Å². The molecule has 4 rings (SSSR count). The fourth-order valence-corrected chi connectivity index (χ4v) is 4.85. The summed E-state index contributed by atoms with van der Waals surface area (Å²) in [4.78, 5) is 56.9. The SMILES string of the molecule is CC(C)(C)OC(=O)[C@H](CCC(=O)C=[N+]=[N-])NC(=O)[C@H](Cc1ccccc1)NC(=O)C12CCN(CC1)CC2. The highest BCUT2D eigenvalue weighted by Gasteiger charge is 2.46. The number of carbonyl (C=O) groups excluding carboxylic acids is 4. The van der Waals surface area contributed by atoms with E-state index in [1.807, 2.05) is 30.3 Å². The fourth-order valence-electron chi connectivity index (χ4n) is 4.85. The summed E-state index contributed by atoms with van der Waals surface area (Å²) < 4.78 is 5.47. The van der Waals surface area contributed by atoms with Gasteiger partial charge in [0.2, 0.25) is 17.6 Å². The van der Waals surface area contributed by atoms with E-state index in [0.717, 1.165) is 50.7 Å². The molecule has 3 saturated heterocycles. The lowest BCUT2D eigenvalue weighted by atomic mass is 9.71. The number of rotatable bonds is 11. The van der Waals surface area contributed by atoms with E-state index < -0.39 is 40.8 Å². The molecule has 1 aromatic rings. The molecule has 0 radical (unpaired) electrons. The van der Waals surface area contributed by atoms with Crippen LogP contribution >= 0.6 is 0 Å². The van der Waals surface area contributed by atoms with Gasteiger partial charge in [0.05, 0.1) is 5.41 Å². The normalized spacial score (nSPS) is 22.2. The van der Waals surface area contributed by atoms with Crippen molar-refractivity contribution in [1.82, 2.24) is 15.5 Å². The van der Waals surface area contributed by atoms with Gasteiger partial charge in [0, 0.05) is 12.8 Å². The fraction of sp³-hybridized carbons (Fsp3) is 0.593. The van der Waals surface area contributed by atoms with Gasteiger partial charge in [-0.25, -0.2) is 4.79 Å². The molecule has 200 valence electrons. The van der Waals surface area contributed by atoms with Crippen molar-refractivity contribution < 1.29 is 28.7 Å². The second-order valence-electron chi connectivity index (χ2n) is 10.9. The summed E-state index contributed by atoms with van der Waals surface area (Å²) in [5.41, 5.74) is 8.18. The quantitative estimate of drug-likeness (QED) is 0.200. The number of carbonyl (C=O) groups is 4. The van der Waals surface area contributed by atoms with E-state index in [1.54, 1.807) is 20.8 Å². The van der Waals surface area contributed by atoms with Crippen molar-refractivity contribution in [3.05, 3.63) is 41.4 Å². The van der Waals surface area contributed by atoms with E-state index in [9.17, 15) is 19.2 Å². The minimum atomic E-state index is -1.12. The zero-order valence-corrected chi connectivity index (χ0v) is 21.9. The molecule has 2 N–H and O–H groups in total. The first-order chi connectivity index (χ1) is 17.5. The van der Waals surface area contributed by atoms with Crippen molar-refractivity contribution in [2.24, 2.45) is 5.41 Å². The molecule has 2 atom stereocenters. The average molecular weight is 512 g/mol. The van der Waals surface area contributed by atoms with Gasteiger partial charge in [-0.2, -0.15) is 4.79 Å². The lowest BCUT2D eigenvalue weighted by molar-refractivity contribution is -0.159. The summed E-state index contributed by atoms with van der Waals surface area (Å²) in [6.07, 6.45) is 3.09. The second kappa shape index (κ2) is 12.3. The van der Waals surface area contributed by atoms with Gasteiger partial charge in [-0.1, -0.05) is 30.3 Å². The number of benzene rings is 1. The van der Waals surface area contributed by atoms with Crippen LogP contribution in [0, 0.1) is 5.41 Å². The lowest BCUT2D eigenvalue weighted by Gasteiger charge is -2.47. The molecule has 3 aliphatic rings. The molecular formula is C27H37N5O5. The molecular weight excluding hydrogens is 474 g/mol. The minimum absolute atomic E-state index is 0.0444. The number of fused-ring (bicyclic) bond motifs is 3. The first-order valence-electron chi connectivity index (χ1n) is 12.8. The number of hydrogen-bond acceptors (Lipinski definition) is 6. The monoisotopic (exact) mass is 511 g/mol. The van der Waals surface area contributed by atoms with E-state index >= 15 is 0 Å². The van der Waals surface area contributed by atoms with Crippen molar-refractivity contribution in [3.63, 3.8) is 0 Å². The molecule has 37 heavy (non-hydrogen) atoms. The Kier molecular flexibility index (Phi) is 9.34. The predicted molar refractivity (Wildman–Crippen MR) is 137 cm³/mol. The first-order valence-corrected chi connectivity index (χ1v) is 12.8. The summed E-state index contributed by atoms with van der Waals surface area (Å²) in [7, 11) is 0. The maximum Gasteiger partial charge on any atom is 0.329 e. The van der Waals surface area contributed by atoms with Crippen LogP contribution in [0.2, 0.25) is 0 Å². The van der Waals surface area contributed by atoms with Crippen LogP contribution in [-0.2, 0) is 30.3 Å². The number of hydrogen-bond donors (Lipinski definition) is 2. The van der Waals surface area contributed by atoms with Crippen molar-refractivity contribution in [2.75, 3.05) is 19.6 Å². The molecule has 10 nitrogen and oxygen atoms in total. The third kappa shape index (κ3) is 8.06. The zero-order chi connectivity index (χ0) is 27.1. The number of ketones is 1. The van der Waals surface area contributed by atoms with Gasteiger partial charge in [0.1, 0.15) is 17.7 Å². The molecule has 0 aromatic heterocycles. The van der Waals surface area contributed by atoms with E-state index in [4.69, 9.17) is 10.3 Å². The van der Waals surface area contributed by atoms with Gasteiger partial charge in [0.15, 0.2) is 0 Å². The molecule has 10 heteroatoms. The Morgan fingerprint density at radius 3 is 2.24 bits per heavy atom. The number of nitrogens with one attached hydrogen (secondary N) is 2. The number of nitrogens with zero attached hydrogens (tertiary/aromatic N) is 3. The van der Waals surface area contributed by atoms with Crippen molar-refractivity contribution >= 4 is 29.8 Å². The maximum absolute atomic E-state index is 13.5. The summed E-state index contributed by atoms with van der Waals surface area (Å²) >= 11 is 0. The number of amides is 2. The maximum atomic E-state index is 13.5. The number of piperidine rings is 3. The summed E-state index contributed by atoms with van der Waals surface area (Å²) in [6, 6.07) is 7.32. The van der Waals surface area contributed by atoms with E-state index in [0.29, 0.717) is 0 Å². The van der Waals surface area contributed by atoms with Crippen molar-refractivity contribution in [2.45, 2.75) is 77.0 Å². The van der Waals surface area contributed by atoms with Crippen molar-refractivity contribution in [1.29, 1.82) is 0 Å². The highest BCUT2D eigenvalue weighted by atomic mass is 16.6. The van der Waals surface area contributed by atoms with Gasteiger partial charge in [-0.3, -0.25) is 14.4 Å². The number of esters is 1. The Balaban J connectivity index is 1.78. The van der Waals surface area contributed by atoms with Crippen LogP contribution in [0.15, 0.2) is 30.3 Å². The van der Waals surface area contributed by atoms with Gasteiger partial charge in [-0.15, -0.1) is 0 Å². The molecule has 0 aliphatic carbocycles. The predicted octanol–water partition coefficient (Wildman–Crippen LogP) is 1.68. The molecule has 1 aromatic carbocycles.